The molecule has 1 aromatic carbocycles. The first-order valence-corrected chi connectivity index (χ1v) is 7.89. The van der Waals surface area contributed by atoms with Crippen molar-refractivity contribution in [3.05, 3.63) is 29.3 Å². The van der Waals surface area contributed by atoms with Crippen LogP contribution in [0.15, 0.2) is 17.0 Å². The summed E-state index contributed by atoms with van der Waals surface area (Å²) in [5.41, 5.74) is 5.62. The third-order valence-corrected chi connectivity index (χ3v) is 4.97. The molecule has 4 nitrogen and oxygen atoms in total. The standard InChI is InChI=1S/C13H20F2N2O2S/c1-4-5-17(9(2)3)20(18,19)12-7-10(8-16)6-11(14)13(12)15/h6-7,9H,4-5,8,16H2,1-3H3. The fraction of sp³-hybridized carbons (Fsp3) is 0.538. The van der Waals surface area contributed by atoms with Gasteiger partial charge >= 0.3 is 0 Å². The number of sulfonamides is 1. The van der Waals surface area contributed by atoms with Gasteiger partial charge in [-0.2, -0.15) is 4.31 Å². The van der Waals surface area contributed by atoms with Crippen molar-refractivity contribution in [2.75, 3.05) is 6.54 Å². The van der Waals surface area contributed by atoms with Crippen molar-refractivity contribution >= 4 is 10.0 Å². The Kier molecular flexibility index (Phi) is 5.61. The van der Waals surface area contributed by atoms with Crippen LogP contribution in [0.5, 0.6) is 0 Å². The van der Waals surface area contributed by atoms with Crippen LogP contribution in [-0.2, 0) is 16.6 Å². The average Bonchev–Trinajstić information content (AvgIpc) is 2.37. The maximum Gasteiger partial charge on any atom is 0.246 e. The molecule has 0 aromatic heterocycles. The van der Waals surface area contributed by atoms with Crippen molar-refractivity contribution in [3.8, 4) is 0 Å². The van der Waals surface area contributed by atoms with Crippen molar-refractivity contribution in [2.45, 2.75) is 44.7 Å². The maximum absolute atomic E-state index is 13.9. The van der Waals surface area contributed by atoms with Crippen molar-refractivity contribution in [1.29, 1.82) is 0 Å². The Hall–Kier alpha value is -1.05. The lowest BCUT2D eigenvalue weighted by atomic mass is 10.2. The van der Waals surface area contributed by atoms with Gasteiger partial charge in [0.25, 0.3) is 0 Å². The lowest BCUT2D eigenvalue weighted by molar-refractivity contribution is 0.350. The van der Waals surface area contributed by atoms with Crippen LogP contribution >= 0.6 is 0 Å². The van der Waals surface area contributed by atoms with Crippen LogP contribution in [0.25, 0.3) is 0 Å². The molecule has 0 heterocycles. The average molecular weight is 306 g/mol. The Morgan fingerprint density at radius 3 is 2.35 bits per heavy atom. The summed E-state index contributed by atoms with van der Waals surface area (Å²) in [6.45, 7) is 5.38. The summed E-state index contributed by atoms with van der Waals surface area (Å²) in [6, 6.07) is 1.66. The van der Waals surface area contributed by atoms with Gasteiger partial charge in [-0.25, -0.2) is 17.2 Å². The van der Waals surface area contributed by atoms with E-state index in [0.29, 0.717) is 6.42 Å². The highest BCUT2D eigenvalue weighted by atomic mass is 32.2. The van der Waals surface area contributed by atoms with E-state index in [2.05, 4.69) is 0 Å². The van der Waals surface area contributed by atoms with E-state index < -0.39 is 26.6 Å². The van der Waals surface area contributed by atoms with Gasteiger partial charge in [0.2, 0.25) is 10.0 Å². The van der Waals surface area contributed by atoms with E-state index in [1.165, 1.54) is 0 Å². The SMILES string of the molecule is CCCN(C(C)C)S(=O)(=O)c1cc(CN)cc(F)c1F. The first-order valence-electron chi connectivity index (χ1n) is 6.45. The molecule has 0 spiro atoms. The molecule has 0 unspecified atom stereocenters. The highest BCUT2D eigenvalue weighted by molar-refractivity contribution is 7.89. The number of nitrogens with two attached hydrogens (primary N) is 1. The maximum atomic E-state index is 13.9. The van der Waals surface area contributed by atoms with Crippen LogP contribution in [0.3, 0.4) is 0 Å². The van der Waals surface area contributed by atoms with Crippen LogP contribution in [-0.4, -0.2) is 25.3 Å². The second kappa shape index (κ2) is 6.60. The third-order valence-electron chi connectivity index (χ3n) is 2.90. The van der Waals surface area contributed by atoms with Crippen molar-refractivity contribution < 1.29 is 17.2 Å². The van der Waals surface area contributed by atoms with Gasteiger partial charge in [0.1, 0.15) is 4.90 Å². The first kappa shape index (κ1) is 17.0. The second-order valence-corrected chi connectivity index (χ2v) is 6.66. The molecule has 0 aliphatic rings. The monoisotopic (exact) mass is 306 g/mol. The van der Waals surface area contributed by atoms with Crippen LogP contribution in [0, 0.1) is 11.6 Å². The molecule has 114 valence electrons. The molecule has 0 atom stereocenters. The fourth-order valence-corrected chi connectivity index (χ4v) is 3.78. The number of halogens is 2. The summed E-state index contributed by atoms with van der Waals surface area (Å²) in [6.07, 6.45) is 0.581. The molecule has 1 rings (SSSR count). The van der Waals surface area contributed by atoms with Gasteiger partial charge in [0.05, 0.1) is 0 Å². The van der Waals surface area contributed by atoms with Gasteiger partial charge in [-0.05, 0) is 38.0 Å². The van der Waals surface area contributed by atoms with Crippen LogP contribution in [0.4, 0.5) is 8.78 Å². The van der Waals surface area contributed by atoms with E-state index in [-0.39, 0.29) is 24.7 Å². The predicted molar refractivity (Wildman–Crippen MR) is 73.6 cm³/mol. The summed E-state index contributed by atoms with van der Waals surface area (Å²) in [7, 11) is -4.09. The lowest BCUT2D eigenvalue weighted by Gasteiger charge is -2.25. The molecule has 1 aromatic rings. The van der Waals surface area contributed by atoms with E-state index in [1.54, 1.807) is 13.8 Å². The predicted octanol–water partition coefficient (Wildman–Crippen LogP) is 2.23. The number of rotatable bonds is 6. The zero-order chi connectivity index (χ0) is 15.5. The Balaban J connectivity index is 3.44. The molecule has 0 aliphatic carbocycles. The summed E-state index contributed by atoms with van der Waals surface area (Å²) >= 11 is 0. The summed E-state index contributed by atoms with van der Waals surface area (Å²) in [5.74, 6) is -2.56. The van der Waals surface area contributed by atoms with Crippen molar-refractivity contribution in [2.24, 2.45) is 5.73 Å². The smallest absolute Gasteiger partial charge is 0.246 e. The molecule has 20 heavy (non-hydrogen) atoms. The molecule has 7 heteroatoms. The molecule has 2 N–H and O–H groups in total. The van der Waals surface area contributed by atoms with E-state index in [1.807, 2.05) is 6.92 Å². The van der Waals surface area contributed by atoms with E-state index in [9.17, 15) is 17.2 Å². The van der Waals surface area contributed by atoms with Crippen molar-refractivity contribution in [3.63, 3.8) is 0 Å². The quantitative estimate of drug-likeness (QED) is 0.876. The molecule has 0 bridgehead atoms. The normalized spacial score (nSPS) is 12.4. The minimum Gasteiger partial charge on any atom is -0.326 e. The fourth-order valence-electron chi connectivity index (χ4n) is 1.93. The van der Waals surface area contributed by atoms with Gasteiger partial charge < -0.3 is 5.73 Å². The second-order valence-electron chi connectivity index (χ2n) is 4.80. The largest absolute Gasteiger partial charge is 0.326 e. The topological polar surface area (TPSA) is 63.4 Å². The van der Waals surface area contributed by atoms with Crippen molar-refractivity contribution in [1.82, 2.24) is 4.31 Å². The van der Waals surface area contributed by atoms with Gasteiger partial charge in [-0.15, -0.1) is 0 Å². The molecule has 0 aliphatic heterocycles. The highest BCUT2D eigenvalue weighted by Gasteiger charge is 2.30. The summed E-state index contributed by atoms with van der Waals surface area (Å²) in [4.78, 5) is -0.653. The third kappa shape index (κ3) is 3.34. The highest BCUT2D eigenvalue weighted by Crippen LogP contribution is 2.24. The minimum absolute atomic E-state index is 0.0603. The van der Waals surface area contributed by atoms with Crippen LogP contribution in [0.2, 0.25) is 0 Å². The first-order chi connectivity index (χ1) is 9.25. The van der Waals surface area contributed by atoms with Gasteiger partial charge in [0.15, 0.2) is 11.6 Å². The Morgan fingerprint density at radius 2 is 1.90 bits per heavy atom. The number of hydrogen-bond acceptors (Lipinski definition) is 3. The number of hydrogen-bond donors (Lipinski definition) is 1. The minimum atomic E-state index is -4.09. The number of benzene rings is 1. The van der Waals surface area contributed by atoms with Gasteiger partial charge in [-0.1, -0.05) is 6.92 Å². The Morgan fingerprint density at radius 1 is 1.30 bits per heavy atom. The Bertz CT molecular complexity index is 574. The molecule has 0 fully saturated rings. The van der Waals surface area contributed by atoms with Gasteiger partial charge in [0, 0.05) is 19.1 Å². The van der Waals surface area contributed by atoms with Crippen LogP contribution < -0.4 is 5.73 Å². The number of nitrogens with zero attached hydrogens (tertiary/aromatic N) is 1. The van der Waals surface area contributed by atoms with E-state index >= 15 is 0 Å². The van der Waals surface area contributed by atoms with E-state index in [0.717, 1.165) is 16.4 Å². The molecule has 0 amide bonds. The van der Waals surface area contributed by atoms with Crippen LogP contribution in [0.1, 0.15) is 32.8 Å². The molecule has 0 radical (unpaired) electrons. The molecule has 0 saturated carbocycles. The lowest BCUT2D eigenvalue weighted by Crippen LogP contribution is -2.38. The summed E-state index contributed by atoms with van der Waals surface area (Å²) in [5, 5.41) is 0. The molecular formula is C13H20F2N2O2S. The molecular weight excluding hydrogens is 286 g/mol. The molecule has 0 saturated heterocycles. The zero-order valence-electron chi connectivity index (χ0n) is 11.9. The Labute approximate surface area is 118 Å². The van der Waals surface area contributed by atoms with Gasteiger partial charge in [-0.3, -0.25) is 0 Å². The zero-order valence-corrected chi connectivity index (χ0v) is 12.7. The summed E-state index contributed by atoms with van der Waals surface area (Å²) < 4.78 is 53.5. The van der Waals surface area contributed by atoms with E-state index in [4.69, 9.17) is 5.73 Å².